The molecular formula is C35H49NO6. The third-order valence-electron chi connectivity index (χ3n) is 10.7. The number of rotatable bonds is 9. The Morgan fingerprint density at radius 3 is 2.64 bits per heavy atom. The minimum atomic E-state index is -0.828. The molecule has 3 fully saturated rings. The van der Waals surface area contributed by atoms with Gasteiger partial charge in [-0.3, -0.25) is 9.59 Å². The number of methoxy groups -OCH3 is 1. The zero-order chi connectivity index (χ0) is 29.7. The number of carbonyl (C=O) groups is 2. The highest BCUT2D eigenvalue weighted by Gasteiger charge is 2.48. The molecule has 1 aromatic carbocycles. The molecule has 3 aliphatic carbocycles. The summed E-state index contributed by atoms with van der Waals surface area (Å²) in [4.78, 5) is 25.5. The van der Waals surface area contributed by atoms with Gasteiger partial charge in [-0.1, -0.05) is 43.9 Å². The predicted molar refractivity (Wildman–Crippen MR) is 161 cm³/mol. The largest absolute Gasteiger partial charge is 0.504 e. The summed E-state index contributed by atoms with van der Waals surface area (Å²) in [5, 5.41) is 35.3. The molecule has 42 heavy (non-hydrogen) atoms. The van der Waals surface area contributed by atoms with Crippen LogP contribution in [0.1, 0.15) is 113 Å². The first-order valence-corrected chi connectivity index (χ1v) is 16.4. The number of unbranched alkanes of at least 4 members (excludes halogenated alkanes) is 1. The van der Waals surface area contributed by atoms with E-state index in [1.54, 1.807) is 12.1 Å². The van der Waals surface area contributed by atoms with Crippen LogP contribution in [0.4, 0.5) is 0 Å². The number of aryl methyl sites for hydroxylation is 1. The summed E-state index contributed by atoms with van der Waals surface area (Å²) in [6.07, 6.45) is 13.6. The summed E-state index contributed by atoms with van der Waals surface area (Å²) in [5.41, 5.74) is 1.84. The van der Waals surface area contributed by atoms with Gasteiger partial charge in [0, 0.05) is 43.4 Å². The zero-order valence-corrected chi connectivity index (χ0v) is 25.2. The van der Waals surface area contributed by atoms with Gasteiger partial charge in [-0.05, 0) is 86.5 Å². The standard InChI is InChI=1S/C35H49NO6/c1-42-34-20-24-11-14-32(40)28(13-10-23(15-18-37)29(24)22-33(34)41)31(39)8-4-3-7-26-19-25-9-12-27(38)21-30(25)36-35(26)16-5-2-6-17-35/h20,22-23,25-26,28,30-31,36-37,39,41H,2-9,11-12,14-19,21H2,1H3/t23-,25-,26+,28+,30+,31+/m0/s1. The molecule has 0 unspecified atom stereocenters. The van der Waals surface area contributed by atoms with Crippen molar-refractivity contribution in [3.8, 4) is 23.3 Å². The average molecular weight is 580 g/mol. The van der Waals surface area contributed by atoms with E-state index in [0.717, 1.165) is 43.2 Å². The summed E-state index contributed by atoms with van der Waals surface area (Å²) in [6, 6.07) is 3.74. The Morgan fingerprint density at radius 2 is 1.88 bits per heavy atom. The van der Waals surface area contributed by atoms with Crippen molar-refractivity contribution in [2.24, 2.45) is 17.8 Å². The quantitative estimate of drug-likeness (QED) is 0.241. The van der Waals surface area contributed by atoms with Crippen LogP contribution in [-0.4, -0.2) is 58.3 Å². The Hall–Kier alpha value is -2.40. The van der Waals surface area contributed by atoms with Gasteiger partial charge >= 0.3 is 0 Å². The molecule has 4 aliphatic rings. The molecule has 0 aromatic heterocycles. The number of benzene rings is 1. The highest BCUT2D eigenvalue weighted by atomic mass is 16.5. The van der Waals surface area contributed by atoms with Crippen LogP contribution in [0.2, 0.25) is 0 Å². The highest BCUT2D eigenvalue weighted by molar-refractivity contribution is 5.85. The maximum atomic E-state index is 13.3. The van der Waals surface area contributed by atoms with Crippen molar-refractivity contribution in [3.05, 3.63) is 23.3 Å². The third kappa shape index (κ3) is 6.87. The number of Topliss-reactive ketones (excluding diaryl/α,β-unsaturated/α-hetero) is 2. The van der Waals surface area contributed by atoms with Gasteiger partial charge in [0.15, 0.2) is 17.3 Å². The van der Waals surface area contributed by atoms with Gasteiger partial charge in [0.05, 0.1) is 13.2 Å². The highest BCUT2D eigenvalue weighted by Crippen LogP contribution is 2.47. The number of hydrogen-bond donors (Lipinski definition) is 4. The minimum absolute atomic E-state index is 0.0128. The lowest BCUT2D eigenvalue weighted by Gasteiger charge is -2.54. The fourth-order valence-corrected chi connectivity index (χ4v) is 8.39. The molecule has 4 N–H and O–H groups in total. The molecule has 1 aromatic rings. The number of aliphatic hydroxyl groups excluding tert-OH is 2. The molecule has 1 heterocycles. The van der Waals surface area contributed by atoms with Crippen LogP contribution < -0.4 is 10.1 Å². The molecule has 2 saturated carbocycles. The van der Waals surface area contributed by atoms with Gasteiger partial charge in [0.2, 0.25) is 0 Å². The first-order chi connectivity index (χ1) is 20.3. The molecule has 1 saturated heterocycles. The van der Waals surface area contributed by atoms with Crippen LogP contribution >= 0.6 is 0 Å². The molecule has 230 valence electrons. The number of phenolic OH excluding ortho intramolecular Hbond substituents is 1. The van der Waals surface area contributed by atoms with E-state index in [2.05, 4.69) is 17.2 Å². The van der Waals surface area contributed by atoms with Crippen molar-refractivity contribution in [2.45, 2.75) is 126 Å². The molecule has 0 bridgehead atoms. The Morgan fingerprint density at radius 1 is 1.07 bits per heavy atom. The van der Waals surface area contributed by atoms with Gasteiger partial charge in [0.25, 0.3) is 0 Å². The van der Waals surface area contributed by atoms with E-state index in [-0.39, 0.29) is 36.0 Å². The number of fused-ring (bicyclic) bond motifs is 2. The van der Waals surface area contributed by atoms with Gasteiger partial charge < -0.3 is 25.4 Å². The molecule has 7 nitrogen and oxygen atoms in total. The van der Waals surface area contributed by atoms with E-state index < -0.39 is 12.0 Å². The van der Waals surface area contributed by atoms with Crippen molar-refractivity contribution in [1.82, 2.24) is 5.32 Å². The normalized spacial score (nSPS) is 29.7. The number of ether oxygens (including phenoxy) is 1. The maximum absolute atomic E-state index is 13.3. The summed E-state index contributed by atoms with van der Waals surface area (Å²) in [6.45, 7) is -0.0673. The Labute approximate surface area is 250 Å². The van der Waals surface area contributed by atoms with Crippen LogP contribution in [0.5, 0.6) is 11.5 Å². The Kier molecular flexibility index (Phi) is 10.3. The fraction of sp³-hybridized carbons (Fsp3) is 0.714. The number of nitrogens with one attached hydrogen (secondary N) is 1. The molecule has 5 rings (SSSR count). The van der Waals surface area contributed by atoms with E-state index in [4.69, 9.17) is 4.74 Å². The van der Waals surface area contributed by atoms with Crippen LogP contribution in [0.3, 0.4) is 0 Å². The summed E-state index contributed by atoms with van der Waals surface area (Å²) in [5.74, 6) is 7.09. The van der Waals surface area contributed by atoms with Gasteiger partial charge in [0.1, 0.15) is 11.7 Å². The van der Waals surface area contributed by atoms with Gasteiger partial charge in [-0.2, -0.15) is 0 Å². The number of carbonyl (C=O) groups excluding carboxylic acids is 2. The van der Waals surface area contributed by atoms with Gasteiger partial charge in [-0.25, -0.2) is 0 Å². The van der Waals surface area contributed by atoms with Crippen molar-refractivity contribution < 1.29 is 29.6 Å². The second kappa shape index (κ2) is 13.9. The van der Waals surface area contributed by atoms with E-state index in [1.807, 2.05) is 0 Å². The van der Waals surface area contributed by atoms with E-state index in [0.29, 0.717) is 55.1 Å². The second-order valence-electron chi connectivity index (χ2n) is 13.3. The zero-order valence-electron chi connectivity index (χ0n) is 25.2. The van der Waals surface area contributed by atoms with E-state index in [1.165, 1.54) is 45.6 Å². The number of hydrogen-bond acceptors (Lipinski definition) is 7. The fourth-order valence-electron chi connectivity index (χ4n) is 8.39. The van der Waals surface area contributed by atoms with E-state index >= 15 is 0 Å². The lowest BCUT2D eigenvalue weighted by atomic mass is 9.62. The Bertz CT molecular complexity index is 1180. The molecule has 0 amide bonds. The summed E-state index contributed by atoms with van der Waals surface area (Å²) < 4.78 is 5.28. The van der Waals surface area contributed by atoms with Crippen LogP contribution in [0.25, 0.3) is 0 Å². The van der Waals surface area contributed by atoms with Gasteiger partial charge in [-0.15, -0.1) is 0 Å². The average Bonchev–Trinajstić information content (AvgIpc) is 3.04. The smallest absolute Gasteiger partial charge is 0.160 e. The first-order valence-electron chi connectivity index (χ1n) is 16.4. The minimum Gasteiger partial charge on any atom is -0.504 e. The number of aromatic hydroxyl groups is 1. The third-order valence-corrected chi connectivity index (χ3v) is 10.7. The second-order valence-corrected chi connectivity index (χ2v) is 13.3. The van der Waals surface area contributed by atoms with Crippen molar-refractivity contribution >= 4 is 11.6 Å². The Balaban J connectivity index is 1.21. The lowest BCUT2D eigenvalue weighted by Crippen LogP contribution is -2.63. The molecule has 7 heteroatoms. The van der Waals surface area contributed by atoms with Crippen molar-refractivity contribution in [1.29, 1.82) is 0 Å². The number of piperidine rings is 1. The number of aliphatic hydroxyl groups is 2. The lowest BCUT2D eigenvalue weighted by molar-refractivity contribution is -0.124. The van der Waals surface area contributed by atoms with Crippen molar-refractivity contribution in [3.63, 3.8) is 0 Å². The van der Waals surface area contributed by atoms with Crippen LogP contribution in [0, 0.1) is 29.6 Å². The topological polar surface area (TPSA) is 116 Å². The van der Waals surface area contributed by atoms with E-state index in [9.17, 15) is 24.9 Å². The number of phenols is 1. The van der Waals surface area contributed by atoms with Crippen LogP contribution in [0.15, 0.2) is 12.1 Å². The molecule has 0 radical (unpaired) electrons. The molecule has 1 aliphatic heterocycles. The SMILES string of the molecule is COc1cc2c(cc1O)[C@H](CCO)C#C[C@H]([C@H](O)CCCC[C@@H]1C[C@@H]3CCC(=O)C[C@H]3NC13CCCCC3)C(=O)CC2. The summed E-state index contributed by atoms with van der Waals surface area (Å²) >= 11 is 0. The molecular weight excluding hydrogens is 530 g/mol. The van der Waals surface area contributed by atoms with Crippen molar-refractivity contribution in [2.75, 3.05) is 13.7 Å². The molecule has 1 spiro atoms. The monoisotopic (exact) mass is 579 g/mol. The molecule has 6 atom stereocenters. The number of ketones is 2. The maximum Gasteiger partial charge on any atom is 0.160 e. The van der Waals surface area contributed by atoms with Crippen LogP contribution in [-0.2, 0) is 16.0 Å². The first kappa shape index (κ1) is 31.0. The summed E-state index contributed by atoms with van der Waals surface area (Å²) in [7, 11) is 1.49. The predicted octanol–water partition coefficient (Wildman–Crippen LogP) is 4.97.